The van der Waals surface area contributed by atoms with Gasteiger partial charge in [-0.2, -0.15) is 9.61 Å². The zero-order valence-electron chi connectivity index (χ0n) is 10.3. The number of fused-ring (bicyclic) bond motifs is 1. The first kappa shape index (κ1) is 12.2. The van der Waals surface area contributed by atoms with Crippen molar-refractivity contribution in [3.8, 4) is 0 Å². The van der Waals surface area contributed by atoms with E-state index in [4.69, 9.17) is 5.11 Å². The lowest BCUT2D eigenvalue weighted by atomic mass is 9.93. The van der Waals surface area contributed by atoms with Crippen LogP contribution in [-0.2, 0) is 16.8 Å². The van der Waals surface area contributed by atoms with Crippen LogP contribution in [0.25, 0.3) is 5.78 Å². The van der Waals surface area contributed by atoms with Crippen molar-refractivity contribution >= 4 is 11.7 Å². The lowest BCUT2D eigenvalue weighted by Gasteiger charge is -2.17. The Morgan fingerprint density at radius 2 is 2.11 bits per heavy atom. The van der Waals surface area contributed by atoms with Crippen molar-refractivity contribution in [3.05, 3.63) is 22.4 Å². The molecular weight excluding hydrogens is 238 g/mol. The van der Waals surface area contributed by atoms with E-state index in [2.05, 4.69) is 15.3 Å². The molecule has 0 aliphatic rings. The molecule has 96 valence electrons. The van der Waals surface area contributed by atoms with Crippen LogP contribution in [0.15, 0.2) is 11.1 Å². The normalized spacial score (nSPS) is 11.9. The largest absolute Gasteiger partial charge is 0.480 e. The number of carbonyl (C=O) groups is 1. The molecule has 8 nitrogen and oxygen atoms in total. The second kappa shape index (κ2) is 3.90. The number of rotatable bonds is 2. The first-order valence-corrected chi connectivity index (χ1v) is 5.34. The average Bonchev–Trinajstić information content (AvgIpc) is 2.67. The molecule has 2 rings (SSSR count). The molecule has 1 N–H and O–H groups in total. The van der Waals surface area contributed by atoms with Gasteiger partial charge < -0.3 is 5.11 Å². The molecule has 0 fully saturated rings. The molecule has 0 spiro atoms. The van der Waals surface area contributed by atoms with Gasteiger partial charge >= 0.3 is 5.97 Å². The lowest BCUT2D eigenvalue weighted by Crippen LogP contribution is -2.35. The first-order valence-electron chi connectivity index (χ1n) is 5.34. The smallest absolute Gasteiger partial charge is 0.323 e. The van der Waals surface area contributed by atoms with E-state index in [-0.39, 0.29) is 11.5 Å². The number of nitrogens with zero attached hydrogens (tertiary/aromatic N) is 5. The maximum Gasteiger partial charge on any atom is 0.323 e. The number of hydrogen-bond donors (Lipinski definition) is 1. The standard InChI is InChI=1S/C10H13N5O3/c1-10(2,3)7-8(18)14(4-6(16)17)9-12-11-5-15(9)13-7/h5H,4H2,1-3H3,(H,16,17). The van der Waals surface area contributed by atoms with Gasteiger partial charge in [0.2, 0.25) is 0 Å². The highest BCUT2D eigenvalue weighted by Crippen LogP contribution is 2.16. The fraction of sp³-hybridized carbons (Fsp3) is 0.500. The molecule has 0 atom stereocenters. The van der Waals surface area contributed by atoms with E-state index >= 15 is 0 Å². The average molecular weight is 251 g/mol. The third-order valence-corrected chi connectivity index (χ3v) is 2.41. The van der Waals surface area contributed by atoms with Crippen molar-refractivity contribution < 1.29 is 9.90 Å². The molecule has 0 unspecified atom stereocenters. The number of aliphatic carboxylic acids is 1. The summed E-state index contributed by atoms with van der Waals surface area (Å²) in [5, 5.41) is 20.3. The molecule has 0 saturated carbocycles. The summed E-state index contributed by atoms with van der Waals surface area (Å²) in [6.45, 7) is 5.03. The second-order valence-electron chi connectivity index (χ2n) is 4.96. The van der Waals surface area contributed by atoms with Crippen LogP contribution in [0.4, 0.5) is 0 Å². The predicted octanol–water partition coefficient (Wildman–Crippen LogP) is -0.332. The fourth-order valence-corrected chi connectivity index (χ4v) is 1.59. The van der Waals surface area contributed by atoms with Gasteiger partial charge in [0, 0.05) is 5.41 Å². The molecule has 18 heavy (non-hydrogen) atoms. The third-order valence-electron chi connectivity index (χ3n) is 2.41. The predicted molar refractivity (Wildman–Crippen MR) is 61.4 cm³/mol. The highest BCUT2D eigenvalue weighted by molar-refractivity contribution is 5.67. The Hall–Kier alpha value is -2.25. The summed E-state index contributed by atoms with van der Waals surface area (Å²) in [6.07, 6.45) is 1.34. The highest BCUT2D eigenvalue weighted by atomic mass is 16.4. The van der Waals surface area contributed by atoms with E-state index in [0.29, 0.717) is 0 Å². The minimum absolute atomic E-state index is 0.121. The summed E-state index contributed by atoms with van der Waals surface area (Å²) in [4.78, 5) is 23.0. The van der Waals surface area contributed by atoms with Crippen molar-refractivity contribution in [3.63, 3.8) is 0 Å². The van der Waals surface area contributed by atoms with Gasteiger partial charge in [-0.25, -0.2) is 0 Å². The van der Waals surface area contributed by atoms with Crippen molar-refractivity contribution in [1.29, 1.82) is 0 Å². The van der Waals surface area contributed by atoms with Gasteiger partial charge in [-0.15, -0.1) is 10.2 Å². The van der Waals surface area contributed by atoms with Crippen LogP contribution in [0.1, 0.15) is 26.5 Å². The van der Waals surface area contributed by atoms with E-state index in [1.165, 1.54) is 10.8 Å². The Kier molecular flexibility index (Phi) is 2.64. The Morgan fingerprint density at radius 3 is 2.67 bits per heavy atom. The van der Waals surface area contributed by atoms with E-state index in [9.17, 15) is 9.59 Å². The molecule has 2 heterocycles. The molecule has 0 aliphatic carbocycles. The minimum Gasteiger partial charge on any atom is -0.480 e. The summed E-state index contributed by atoms with van der Waals surface area (Å²) in [5.41, 5.74) is -0.669. The summed E-state index contributed by atoms with van der Waals surface area (Å²) >= 11 is 0. The Balaban J connectivity index is 2.80. The van der Waals surface area contributed by atoms with Crippen LogP contribution in [0.5, 0.6) is 0 Å². The third kappa shape index (κ3) is 1.96. The van der Waals surface area contributed by atoms with Gasteiger partial charge in [-0.1, -0.05) is 20.8 Å². The zero-order chi connectivity index (χ0) is 13.5. The van der Waals surface area contributed by atoms with Gasteiger partial charge in [-0.05, 0) is 0 Å². The van der Waals surface area contributed by atoms with Crippen LogP contribution in [0.2, 0.25) is 0 Å². The monoisotopic (exact) mass is 251 g/mol. The summed E-state index contributed by atoms with van der Waals surface area (Å²) < 4.78 is 2.37. The quantitative estimate of drug-likeness (QED) is 0.783. The minimum atomic E-state index is -1.12. The molecule has 0 saturated heterocycles. The van der Waals surface area contributed by atoms with Crippen molar-refractivity contribution in [2.75, 3.05) is 0 Å². The topological polar surface area (TPSA) is 102 Å². The highest BCUT2D eigenvalue weighted by Gasteiger charge is 2.24. The molecule has 2 aromatic heterocycles. The van der Waals surface area contributed by atoms with Crippen LogP contribution >= 0.6 is 0 Å². The SMILES string of the molecule is CC(C)(C)c1nn2cnnc2n(CC(=O)O)c1=O. The van der Waals surface area contributed by atoms with E-state index in [0.717, 1.165) is 4.57 Å². The van der Waals surface area contributed by atoms with Crippen molar-refractivity contribution in [2.24, 2.45) is 0 Å². The van der Waals surface area contributed by atoms with Gasteiger partial charge in [0.05, 0.1) is 0 Å². The Morgan fingerprint density at radius 1 is 1.44 bits per heavy atom. The molecule has 8 heteroatoms. The summed E-state index contributed by atoms with van der Waals surface area (Å²) in [5.74, 6) is -0.997. The summed E-state index contributed by atoms with van der Waals surface area (Å²) in [7, 11) is 0. The molecule has 0 bridgehead atoms. The van der Waals surface area contributed by atoms with Gasteiger partial charge in [-0.3, -0.25) is 14.2 Å². The van der Waals surface area contributed by atoms with Gasteiger partial charge in [0.25, 0.3) is 11.3 Å². The molecule has 2 aromatic rings. The second-order valence-corrected chi connectivity index (χ2v) is 4.96. The maximum absolute atomic E-state index is 12.2. The Bertz CT molecular complexity index is 664. The number of carboxylic acid groups (broad SMARTS) is 1. The maximum atomic E-state index is 12.2. The van der Waals surface area contributed by atoms with Crippen molar-refractivity contribution in [2.45, 2.75) is 32.7 Å². The number of carboxylic acids is 1. The van der Waals surface area contributed by atoms with Gasteiger partial charge in [0.1, 0.15) is 18.6 Å². The lowest BCUT2D eigenvalue weighted by molar-refractivity contribution is -0.137. The first-order chi connectivity index (χ1) is 8.30. The van der Waals surface area contributed by atoms with Crippen LogP contribution < -0.4 is 5.56 Å². The van der Waals surface area contributed by atoms with Crippen LogP contribution in [0, 0.1) is 0 Å². The van der Waals surface area contributed by atoms with Crippen LogP contribution in [0.3, 0.4) is 0 Å². The van der Waals surface area contributed by atoms with Crippen LogP contribution in [-0.4, -0.2) is 35.5 Å². The van der Waals surface area contributed by atoms with E-state index < -0.39 is 23.5 Å². The van der Waals surface area contributed by atoms with E-state index in [1.54, 1.807) is 0 Å². The molecule has 0 aliphatic heterocycles. The zero-order valence-corrected chi connectivity index (χ0v) is 10.3. The number of aromatic nitrogens is 5. The molecule has 0 aromatic carbocycles. The fourth-order valence-electron chi connectivity index (χ4n) is 1.59. The Labute approximate surface area is 102 Å². The molecule has 0 amide bonds. The van der Waals surface area contributed by atoms with Crippen molar-refractivity contribution in [1.82, 2.24) is 24.4 Å². The van der Waals surface area contributed by atoms with Gasteiger partial charge in [0.15, 0.2) is 0 Å². The molecular formula is C10H13N5O3. The number of hydrogen-bond acceptors (Lipinski definition) is 5. The molecule has 0 radical (unpaired) electrons. The summed E-state index contributed by atoms with van der Waals surface area (Å²) in [6, 6.07) is 0. The van der Waals surface area contributed by atoms with E-state index in [1.807, 2.05) is 20.8 Å².